The molecule has 0 spiro atoms. The zero-order valence-corrected chi connectivity index (χ0v) is 24.3. The molecule has 14 nitrogen and oxygen atoms in total. The molecule has 3 aromatic rings. The van der Waals surface area contributed by atoms with Crippen LogP contribution in [0.5, 0.6) is 0 Å². The maximum atomic E-state index is 12.7. The fourth-order valence-corrected chi connectivity index (χ4v) is 7.69. The fourth-order valence-electron chi connectivity index (χ4n) is 4.30. The average Bonchev–Trinajstić information content (AvgIpc) is 3.55. The Morgan fingerprint density at radius 1 is 1.17 bits per heavy atom. The first-order valence-corrected chi connectivity index (χ1v) is 15.6. The van der Waals surface area contributed by atoms with Gasteiger partial charge in [0.25, 0.3) is 11.6 Å². The molecular weight excluding hydrogens is 600 g/mol. The van der Waals surface area contributed by atoms with Crippen LogP contribution < -0.4 is 10.1 Å². The number of methoxy groups -OCH3 is 1. The molecule has 4 rings (SSSR count). The zero-order valence-electron chi connectivity index (χ0n) is 21.8. The minimum Gasteiger partial charge on any atom is -0.465 e. The molecule has 1 aromatic carbocycles. The molecule has 2 aromatic heterocycles. The summed E-state index contributed by atoms with van der Waals surface area (Å²) in [5.41, 5.74) is 1.11. The third-order valence-electron chi connectivity index (χ3n) is 5.95. The first-order chi connectivity index (χ1) is 19.4. The van der Waals surface area contributed by atoms with Crippen LogP contribution in [0.1, 0.15) is 34.1 Å². The number of anilines is 1. The van der Waals surface area contributed by atoms with Gasteiger partial charge in [0.2, 0.25) is 5.91 Å². The SMILES string of the molecule is CCOC(=O)Cn1c(=NC(=O)CS(=O)(=O)CC(=O)Nc2sc3c(c2C(=O)OC)CCC3)sc2cc([N+](=O)[O-])ccc21. The molecule has 2 amide bonds. The van der Waals surface area contributed by atoms with Crippen LogP contribution in [0.4, 0.5) is 10.7 Å². The number of esters is 2. The van der Waals surface area contributed by atoms with Crippen molar-refractivity contribution in [1.82, 2.24) is 4.57 Å². The van der Waals surface area contributed by atoms with E-state index in [1.54, 1.807) is 6.92 Å². The number of nitrogens with one attached hydrogen (secondary N) is 1. The van der Waals surface area contributed by atoms with E-state index >= 15 is 0 Å². The number of fused-ring (bicyclic) bond motifs is 2. The molecule has 0 fully saturated rings. The van der Waals surface area contributed by atoms with Crippen molar-refractivity contribution in [2.24, 2.45) is 4.99 Å². The number of carbonyl (C=O) groups is 4. The molecule has 17 heteroatoms. The highest BCUT2D eigenvalue weighted by molar-refractivity contribution is 7.92. The lowest BCUT2D eigenvalue weighted by Crippen LogP contribution is -2.29. The molecule has 0 aliphatic heterocycles. The van der Waals surface area contributed by atoms with Crippen LogP contribution in [0.3, 0.4) is 0 Å². The lowest BCUT2D eigenvalue weighted by Gasteiger charge is -2.07. The van der Waals surface area contributed by atoms with E-state index in [-0.39, 0.29) is 34.2 Å². The van der Waals surface area contributed by atoms with Gasteiger partial charge in [-0.1, -0.05) is 11.3 Å². The van der Waals surface area contributed by atoms with Gasteiger partial charge < -0.3 is 19.4 Å². The summed E-state index contributed by atoms with van der Waals surface area (Å²) in [7, 11) is -3.09. The molecule has 0 saturated heterocycles. The molecule has 0 atom stereocenters. The van der Waals surface area contributed by atoms with Crippen LogP contribution in [-0.2, 0) is 53.1 Å². The Kier molecular flexibility index (Phi) is 8.98. The van der Waals surface area contributed by atoms with Gasteiger partial charge in [-0.3, -0.25) is 24.5 Å². The van der Waals surface area contributed by atoms with Crippen molar-refractivity contribution < 1.29 is 42.0 Å². The van der Waals surface area contributed by atoms with Crippen molar-refractivity contribution in [3.8, 4) is 0 Å². The number of rotatable bonds is 10. The molecule has 0 bridgehead atoms. The van der Waals surface area contributed by atoms with E-state index in [9.17, 15) is 37.7 Å². The second kappa shape index (κ2) is 12.3. The number of non-ortho nitro benzene ring substituents is 1. The van der Waals surface area contributed by atoms with E-state index < -0.39 is 50.0 Å². The predicted octanol–water partition coefficient (Wildman–Crippen LogP) is 1.99. The molecule has 1 aliphatic rings. The summed E-state index contributed by atoms with van der Waals surface area (Å²) in [6.45, 7) is 1.32. The number of sulfone groups is 1. The van der Waals surface area contributed by atoms with Gasteiger partial charge in [0.1, 0.15) is 23.1 Å². The number of hydrogen-bond donors (Lipinski definition) is 1. The quantitative estimate of drug-likeness (QED) is 0.198. The standard InChI is InChI=1S/C24H24N4O10S3/c1-3-38-20(31)10-27-15-8-7-13(28(33)34)9-17(15)40-24(27)26-19(30)12-41(35,36)11-18(29)25-22-21(23(32)37-2)14-5-4-6-16(14)39-22/h7-9H,3-6,10-12H2,1-2H3,(H,25,29). The van der Waals surface area contributed by atoms with Crippen LogP contribution in [0.15, 0.2) is 23.2 Å². The second-order valence-corrected chi connectivity index (χ2v) is 13.0. The van der Waals surface area contributed by atoms with Crippen molar-refractivity contribution in [2.75, 3.05) is 30.5 Å². The Morgan fingerprint density at radius 3 is 2.61 bits per heavy atom. The number of amides is 2. The summed E-state index contributed by atoms with van der Waals surface area (Å²) in [6, 6.07) is 3.85. The van der Waals surface area contributed by atoms with Crippen molar-refractivity contribution >= 4 is 77.2 Å². The summed E-state index contributed by atoms with van der Waals surface area (Å²) in [4.78, 5) is 65.0. The highest BCUT2D eigenvalue weighted by Gasteiger charge is 2.29. The predicted molar refractivity (Wildman–Crippen MR) is 149 cm³/mol. The van der Waals surface area contributed by atoms with Crippen LogP contribution in [-0.4, -0.2) is 66.9 Å². The van der Waals surface area contributed by atoms with Gasteiger partial charge in [0.05, 0.1) is 34.4 Å². The van der Waals surface area contributed by atoms with E-state index in [1.165, 1.54) is 41.2 Å². The molecule has 1 aliphatic carbocycles. The summed E-state index contributed by atoms with van der Waals surface area (Å²) in [5, 5.41) is 13.8. The Labute approximate surface area is 240 Å². The Bertz CT molecular complexity index is 1750. The summed E-state index contributed by atoms with van der Waals surface area (Å²) in [6.07, 6.45) is 2.23. The van der Waals surface area contributed by atoms with E-state index in [1.807, 2.05) is 0 Å². The number of nitro benzene ring substituents is 1. The minimum atomic E-state index is -4.30. The van der Waals surface area contributed by atoms with Crippen molar-refractivity contribution in [3.05, 3.63) is 49.1 Å². The van der Waals surface area contributed by atoms with Crippen molar-refractivity contribution in [3.63, 3.8) is 0 Å². The number of aromatic nitrogens is 1. The monoisotopic (exact) mass is 624 g/mol. The van der Waals surface area contributed by atoms with Crippen LogP contribution >= 0.6 is 22.7 Å². The number of aryl methyl sites for hydroxylation is 1. The van der Waals surface area contributed by atoms with E-state index in [2.05, 4.69) is 10.3 Å². The van der Waals surface area contributed by atoms with Crippen LogP contribution in [0, 0.1) is 10.1 Å². The van der Waals surface area contributed by atoms with Gasteiger partial charge in [-0.05, 0) is 37.8 Å². The van der Waals surface area contributed by atoms with Gasteiger partial charge in [-0.15, -0.1) is 11.3 Å². The van der Waals surface area contributed by atoms with Gasteiger partial charge in [-0.25, -0.2) is 13.2 Å². The highest BCUT2D eigenvalue weighted by Crippen LogP contribution is 2.39. The number of hydrogen-bond acceptors (Lipinski definition) is 12. The van der Waals surface area contributed by atoms with Crippen LogP contribution in [0.25, 0.3) is 10.2 Å². The van der Waals surface area contributed by atoms with Gasteiger partial charge in [0, 0.05) is 17.0 Å². The number of benzene rings is 1. The second-order valence-electron chi connectivity index (χ2n) is 8.82. The number of carbonyl (C=O) groups excluding carboxylic acids is 4. The van der Waals surface area contributed by atoms with Crippen LogP contribution in [0.2, 0.25) is 0 Å². The molecule has 41 heavy (non-hydrogen) atoms. The maximum absolute atomic E-state index is 12.7. The molecule has 0 unspecified atom stereocenters. The van der Waals surface area contributed by atoms with Gasteiger partial charge >= 0.3 is 11.9 Å². The van der Waals surface area contributed by atoms with E-state index in [4.69, 9.17) is 9.47 Å². The third-order valence-corrected chi connectivity index (χ3v) is 9.59. The maximum Gasteiger partial charge on any atom is 0.341 e. The largest absolute Gasteiger partial charge is 0.465 e. The smallest absolute Gasteiger partial charge is 0.341 e. The number of thiazole rings is 1. The molecule has 0 saturated carbocycles. The fraction of sp³-hybridized carbons (Fsp3) is 0.375. The normalized spacial score (nSPS) is 13.2. The molecular formula is C24H24N4O10S3. The average molecular weight is 625 g/mol. The number of nitro groups is 1. The van der Waals surface area contributed by atoms with E-state index in [0.29, 0.717) is 16.6 Å². The summed E-state index contributed by atoms with van der Waals surface area (Å²) >= 11 is 2.03. The van der Waals surface area contributed by atoms with E-state index in [0.717, 1.165) is 34.6 Å². The van der Waals surface area contributed by atoms with Crippen molar-refractivity contribution in [1.29, 1.82) is 0 Å². The Balaban J connectivity index is 1.55. The lowest BCUT2D eigenvalue weighted by molar-refractivity contribution is -0.384. The topological polar surface area (TPSA) is 193 Å². The summed E-state index contributed by atoms with van der Waals surface area (Å²) in [5.74, 6) is -5.50. The summed E-state index contributed by atoms with van der Waals surface area (Å²) < 4.78 is 36.8. The first kappa shape index (κ1) is 30.0. The lowest BCUT2D eigenvalue weighted by atomic mass is 10.1. The van der Waals surface area contributed by atoms with Crippen molar-refractivity contribution in [2.45, 2.75) is 32.7 Å². The third kappa shape index (κ3) is 6.86. The minimum absolute atomic E-state index is 0.0750. The molecule has 2 heterocycles. The number of nitrogens with zero attached hydrogens (tertiary/aromatic N) is 3. The Hall–Kier alpha value is -3.96. The molecule has 0 radical (unpaired) electrons. The Morgan fingerprint density at radius 2 is 1.93 bits per heavy atom. The highest BCUT2D eigenvalue weighted by atomic mass is 32.2. The van der Waals surface area contributed by atoms with Gasteiger partial charge in [0.15, 0.2) is 14.6 Å². The first-order valence-electron chi connectivity index (χ1n) is 12.2. The molecule has 218 valence electrons. The number of thiophene rings is 1. The zero-order chi connectivity index (χ0) is 29.9. The molecule has 1 N–H and O–H groups in total. The number of ether oxygens (including phenoxy) is 2. The van der Waals surface area contributed by atoms with Gasteiger partial charge in [-0.2, -0.15) is 4.99 Å².